The first-order valence-corrected chi connectivity index (χ1v) is 10.2. The van der Waals surface area contributed by atoms with E-state index in [1.807, 2.05) is 61.6 Å². The zero-order valence-electron chi connectivity index (χ0n) is 17.0. The molecular weight excluding hydrogens is 376 g/mol. The highest BCUT2D eigenvalue weighted by Crippen LogP contribution is 2.27. The Morgan fingerprint density at radius 2 is 1.77 bits per heavy atom. The Balaban J connectivity index is 1.57. The van der Waals surface area contributed by atoms with Gasteiger partial charge in [0.25, 0.3) is 0 Å². The number of hydrogen-bond donors (Lipinski definition) is 4. The van der Waals surface area contributed by atoms with Gasteiger partial charge in [-0.05, 0) is 55.8 Å². The van der Waals surface area contributed by atoms with Crippen molar-refractivity contribution in [3.05, 3.63) is 72.1 Å². The molecule has 1 fully saturated rings. The van der Waals surface area contributed by atoms with Gasteiger partial charge in [0.1, 0.15) is 29.5 Å². The Morgan fingerprint density at radius 1 is 1.03 bits per heavy atom. The smallest absolute Gasteiger partial charge is 0.141 e. The molecule has 1 aliphatic rings. The molecule has 1 unspecified atom stereocenters. The minimum absolute atomic E-state index is 0.284. The third-order valence-electron chi connectivity index (χ3n) is 5.09. The average Bonchev–Trinajstić information content (AvgIpc) is 2.80. The summed E-state index contributed by atoms with van der Waals surface area (Å²) in [6.07, 6.45) is 3.72. The van der Waals surface area contributed by atoms with Gasteiger partial charge in [0.05, 0.1) is 11.3 Å². The van der Waals surface area contributed by atoms with Crippen LogP contribution < -0.4 is 20.7 Å². The fraction of sp³-hybridized carbons (Fsp3) is 0.261. The maximum absolute atomic E-state index is 8.85. The fourth-order valence-corrected chi connectivity index (χ4v) is 3.55. The predicted octanol–water partition coefficient (Wildman–Crippen LogP) is 3.89. The van der Waals surface area contributed by atoms with Crippen molar-refractivity contribution in [1.29, 1.82) is 5.41 Å². The van der Waals surface area contributed by atoms with Crippen molar-refractivity contribution in [3.8, 4) is 11.5 Å². The van der Waals surface area contributed by atoms with Crippen molar-refractivity contribution < 1.29 is 4.74 Å². The number of hydrogen-bond acceptors (Lipinski definition) is 7. The highest BCUT2D eigenvalue weighted by atomic mass is 16.5. The molecule has 0 radical (unpaired) electrons. The first-order chi connectivity index (χ1) is 14.7. The lowest BCUT2D eigenvalue weighted by molar-refractivity contribution is 0.479. The van der Waals surface area contributed by atoms with E-state index >= 15 is 0 Å². The summed E-state index contributed by atoms with van der Waals surface area (Å²) >= 11 is 0. The number of benzene rings is 2. The van der Waals surface area contributed by atoms with Gasteiger partial charge in [-0.15, -0.1) is 0 Å². The minimum Gasteiger partial charge on any atom is -0.457 e. The van der Waals surface area contributed by atoms with E-state index in [4.69, 9.17) is 10.1 Å². The van der Waals surface area contributed by atoms with Gasteiger partial charge in [-0.25, -0.2) is 9.97 Å². The quantitative estimate of drug-likeness (QED) is 0.448. The Labute approximate surface area is 176 Å². The molecule has 0 spiro atoms. The van der Waals surface area contributed by atoms with Crippen molar-refractivity contribution in [1.82, 2.24) is 15.3 Å². The van der Waals surface area contributed by atoms with Crippen molar-refractivity contribution in [2.45, 2.75) is 18.9 Å². The molecule has 2 heterocycles. The molecule has 7 heteroatoms. The summed E-state index contributed by atoms with van der Waals surface area (Å²) < 4.78 is 5.86. The van der Waals surface area contributed by atoms with Crippen LogP contribution >= 0.6 is 0 Å². The number of nitrogens with one attached hydrogen (secondary N) is 4. The topological polar surface area (TPSA) is 95.0 Å². The molecule has 0 saturated carbocycles. The lowest BCUT2D eigenvalue weighted by atomic mass is 10.0. The summed E-state index contributed by atoms with van der Waals surface area (Å²) in [6.45, 7) is 1.93. The third-order valence-corrected chi connectivity index (χ3v) is 5.09. The van der Waals surface area contributed by atoms with Crippen LogP contribution in [0, 0.1) is 5.41 Å². The zero-order chi connectivity index (χ0) is 20.8. The summed E-state index contributed by atoms with van der Waals surface area (Å²) in [6, 6.07) is 17.4. The molecular formula is C23H26N6O. The molecule has 0 aliphatic carbocycles. The SMILES string of the molecule is CNc1ncnc(NC2CCCNC2)c1C(=N)c1ccc(Oc2ccccc2)cc1. The second kappa shape index (κ2) is 9.37. The van der Waals surface area contributed by atoms with Gasteiger partial charge >= 0.3 is 0 Å². The molecule has 30 heavy (non-hydrogen) atoms. The maximum Gasteiger partial charge on any atom is 0.141 e. The number of ether oxygens (including phenoxy) is 1. The number of rotatable bonds is 7. The van der Waals surface area contributed by atoms with Crippen LogP contribution in [0.2, 0.25) is 0 Å². The van der Waals surface area contributed by atoms with Crippen LogP contribution in [0.1, 0.15) is 24.0 Å². The van der Waals surface area contributed by atoms with E-state index in [0.29, 0.717) is 22.9 Å². The number of anilines is 2. The van der Waals surface area contributed by atoms with E-state index in [1.165, 1.54) is 6.33 Å². The van der Waals surface area contributed by atoms with Crippen molar-refractivity contribution in [2.24, 2.45) is 0 Å². The zero-order valence-corrected chi connectivity index (χ0v) is 17.0. The second-order valence-electron chi connectivity index (χ2n) is 7.20. The first-order valence-electron chi connectivity index (χ1n) is 10.2. The molecule has 1 atom stereocenters. The van der Waals surface area contributed by atoms with E-state index in [1.54, 1.807) is 0 Å². The van der Waals surface area contributed by atoms with Crippen molar-refractivity contribution >= 4 is 17.3 Å². The molecule has 7 nitrogen and oxygen atoms in total. The predicted molar refractivity (Wildman–Crippen MR) is 120 cm³/mol. The molecule has 0 bridgehead atoms. The molecule has 3 aromatic rings. The highest BCUT2D eigenvalue weighted by molar-refractivity contribution is 6.16. The monoisotopic (exact) mass is 402 g/mol. The lowest BCUT2D eigenvalue weighted by Crippen LogP contribution is -2.39. The van der Waals surface area contributed by atoms with Crippen molar-refractivity contribution in [2.75, 3.05) is 30.8 Å². The van der Waals surface area contributed by atoms with Gasteiger partial charge in [-0.3, -0.25) is 5.41 Å². The van der Waals surface area contributed by atoms with Crippen LogP contribution in [-0.2, 0) is 0 Å². The standard InChI is InChI=1S/C23H26N6O/c1-25-22-20(23(28-15-27-22)29-17-6-5-13-26-14-17)21(24)16-9-11-19(12-10-16)30-18-7-3-2-4-8-18/h2-4,7-12,15,17,24,26H,5-6,13-14H2,1H3,(H2,25,27,28,29). The fourth-order valence-electron chi connectivity index (χ4n) is 3.55. The normalized spacial score (nSPS) is 16.0. The van der Waals surface area contributed by atoms with Gasteiger partial charge in [0.2, 0.25) is 0 Å². The maximum atomic E-state index is 8.85. The number of aromatic nitrogens is 2. The van der Waals surface area contributed by atoms with E-state index in [2.05, 4.69) is 25.9 Å². The largest absolute Gasteiger partial charge is 0.457 e. The van der Waals surface area contributed by atoms with Gasteiger partial charge in [0, 0.05) is 25.2 Å². The lowest BCUT2D eigenvalue weighted by Gasteiger charge is -2.25. The summed E-state index contributed by atoms with van der Waals surface area (Å²) in [5.41, 5.74) is 1.80. The number of piperidine rings is 1. The van der Waals surface area contributed by atoms with Gasteiger partial charge < -0.3 is 20.7 Å². The van der Waals surface area contributed by atoms with Crippen LogP contribution in [0.15, 0.2) is 60.9 Å². The van der Waals surface area contributed by atoms with E-state index in [-0.39, 0.29) is 6.04 Å². The summed E-state index contributed by atoms with van der Waals surface area (Å²) in [4.78, 5) is 8.77. The third kappa shape index (κ3) is 4.58. The summed E-state index contributed by atoms with van der Waals surface area (Å²) in [5.74, 6) is 2.81. The Kier molecular flexibility index (Phi) is 6.20. The Hall–Kier alpha value is -3.45. The van der Waals surface area contributed by atoms with Gasteiger partial charge in [-0.1, -0.05) is 18.2 Å². The summed E-state index contributed by atoms with van der Waals surface area (Å²) in [7, 11) is 1.81. The average molecular weight is 403 g/mol. The van der Waals surface area contributed by atoms with Crippen LogP contribution in [0.5, 0.6) is 11.5 Å². The van der Waals surface area contributed by atoms with Crippen LogP contribution in [0.4, 0.5) is 11.6 Å². The van der Waals surface area contributed by atoms with Crippen LogP contribution in [-0.4, -0.2) is 41.9 Å². The molecule has 0 amide bonds. The Bertz CT molecular complexity index is 984. The van der Waals surface area contributed by atoms with Crippen molar-refractivity contribution in [3.63, 3.8) is 0 Å². The molecule has 154 valence electrons. The van der Waals surface area contributed by atoms with E-state index in [9.17, 15) is 0 Å². The van der Waals surface area contributed by atoms with Crippen LogP contribution in [0.3, 0.4) is 0 Å². The summed E-state index contributed by atoms with van der Waals surface area (Å²) in [5, 5.41) is 18.8. The molecule has 4 rings (SSSR count). The number of para-hydroxylation sites is 1. The second-order valence-corrected chi connectivity index (χ2v) is 7.20. The van der Waals surface area contributed by atoms with Gasteiger partial charge in [0.15, 0.2) is 0 Å². The minimum atomic E-state index is 0.284. The molecule has 2 aromatic carbocycles. The van der Waals surface area contributed by atoms with Crippen LogP contribution in [0.25, 0.3) is 0 Å². The van der Waals surface area contributed by atoms with E-state index in [0.717, 1.165) is 43.0 Å². The molecule has 1 aliphatic heterocycles. The van der Waals surface area contributed by atoms with Gasteiger partial charge in [-0.2, -0.15) is 0 Å². The Morgan fingerprint density at radius 3 is 2.47 bits per heavy atom. The molecule has 1 saturated heterocycles. The molecule has 1 aromatic heterocycles. The number of nitrogens with zero attached hydrogens (tertiary/aromatic N) is 2. The highest BCUT2D eigenvalue weighted by Gasteiger charge is 2.21. The first kappa shape index (κ1) is 19.8. The molecule has 4 N–H and O–H groups in total. The van der Waals surface area contributed by atoms with E-state index < -0.39 is 0 Å².